The first kappa shape index (κ1) is 19.0. The number of carbonyl (C=O) groups excluding carboxylic acids is 1. The van der Waals surface area contributed by atoms with Crippen LogP contribution in [0.25, 0.3) is 0 Å². The van der Waals surface area contributed by atoms with E-state index in [0.29, 0.717) is 18.7 Å². The maximum Gasteiger partial charge on any atom is 0.251 e. The van der Waals surface area contributed by atoms with Gasteiger partial charge in [0.2, 0.25) is 0 Å². The molecule has 1 heterocycles. The molecule has 0 aliphatic carbocycles. The fourth-order valence-corrected chi connectivity index (χ4v) is 2.74. The van der Waals surface area contributed by atoms with Crippen LogP contribution in [0.4, 0.5) is 0 Å². The van der Waals surface area contributed by atoms with Crippen molar-refractivity contribution < 1.29 is 9.53 Å². The molecular formula is C21H22ClN3O2. The van der Waals surface area contributed by atoms with Crippen molar-refractivity contribution in [3.63, 3.8) is 0 Å². The van der Waals surface area contributed by atoms with Crippen molar-refractivity contribution in [3.05, 3.63) is 81.6 Å². The van der Waals surface area contributed by atoms with E-state index in [0.717, 1.165) is 33.3 Å². The van der Waals surface area contributed by atoms with Crippen LogP contribution in [0.2, 0.25) is 5.02 Å². The lowest BCUT2D eigenvalue weighted by molar-refractivity contribution is 0.0950. The second kappa shape index (κ2) is 8.27. The van der Waals surface area contributed by atoms with Gasteiger partial charge in [-0.25, -0.2) is 0 Å². The van der Waals surface area contributed by atoms with Gasteiger partial charge >= 0.3 is 0 Å². The van der Waals surface area contributed by atoms with Crippen molar-refractivity contribution in [3.8, 4) is 5.75 Å². The van der Waals surface area contributed by atoms with Crippen LogP contribution < -0.4 is 10.1 Å². The summed E-state index contributed by atoms with van der Waals surface area (Å²) in [6, 6.07) is 14.9. The van der Waals surface area contributed by atoms with Crippen molar-refractivity contribution in [2.45, 2.75) is 27.0 Å². The Labute approximate surface area is 163 Å². The van der Waals surface area contributed by atoms with Gasteiger partial charge in [0.15, 0.2) is 0 Å². The normalized spacial score (nSPS) is 10.7. The molecule has 0 saturated heterocycles. The fourth-order valence-electron chi connectivity index (χ4n) is 2.62. The Morgan fingerprint density at radius 1 is 1.15 bits per heavy atom. The molecule has 1 amide bonds. The highest BCUT2D eigenvalue weighted by Gasteiger charge is 2.08. The third kappa shape index (κ3) is 4.89. The summed E-state index contributed by atoms with van der Waals surface area (Å²) < 4.78 is 7.57. The second-order valence-corrected chi connectivity index (χ2v) is 6.89. The van der Waals surface area contributed by atoms with E-state index in [1.807, 2.05) is 57.3 Å². The zero-order valence-electron chi connectivity index (χ0n) is 15.6. The number of hydrogen-bond donors (Lipinski definition) is 1. The molecule has 0 fully saturated rings. The summed E-state index contributed by atoms with van der Waals surface area (Å²) in [5.74, 6) is 0.642. The topological polar surface area (TPSA) is 56.1 Å². The largest absolute Gasteiger partial charge is 0.489 e. The van der Waals surface area contributed by atoms with Gasteiger partial charge in [-0.1, -0.05) is 23.7 Å². The number of nitrogens with one attached hydrogen (secondary N) is 1. The first-order chi connectivity index (χ1) is 12.9. The van der Waals surface area contributed by atoms with Crippen LogP contribution in [0.3, 0.4) is 0 Å². The SMILES string of the molecule is Cc1cc(OCc2ccc(C(=O)NCc3cc(C)n(C)n3)cc2)ccc1Cl. The Hall–Kier alpha value is -2.79. The van der Waals surface area contributed by atoms with Gasteiger partial charge in [-0.05, 0) is 61.4 Å². The van der Waals surface area contributed by atoms with Crippen molar-refractivity contribution in [1.29, 1.82) is 0 Å². The molecule has 27 heavy (non-hydrogen) atoms. The van der Waals surface area contributed by atoms with Crippen LogP contribution in [0, 0.1) is 13.8 Å². The molecule has 0 bridgehead atoms. The number of nitrogens with zero attached hydrogens (tertiary/aromatic N) is 2. The van der Waals surface area contributed by atoms with Gasteiger partial charge < -0.3 is 10.1 Å². The predicted octanol–water partition coefficient (Wildman–Crippen LogP) is 4.20. The molecule has 6 heteroatoms. The monoisotopic (exact) mass is 383 g/mol. The minimum atomic E-state index is -0.126. The number of aromatic nitrogens is 2. The lowest BCUT2D eigenvalue weighted by atomic mass is 10.1. The first-order valence-corrected chi connectivity index (χ1v) is 9.06. The molecule has 0 aliphatic heterocycles. The molecule has 3 rings (SSSR count). The standard InChI is InChI=1S/C21H22ClN3O2/c1-14-10-19(8-9-20(14)22)27-13-16-4-6-17(7-5-16)21(26)23-12-18-11-15(2)25(3)24-18/h4-11H,12-13H2,1-3H3,(H,23,26). The highest BCUT2D eigenvalue weighted by Crippen LogP contribution is 2.21. The van der Waals surface area contributed by atoms with Gasteiger partial charge in [-0.15, -0.1) is 0 Å². The smallest absolute Gasteiger partial charge is 0.251 e. The molecule has 0 unspecified atom stereocenters. The Kier molecular flexibility index (Phi) is 5.81. The van der Waals surface area contributed by atoms with Gasteiger partial charge in [-0.3, -0.25) is 9.48 Å². The lowest BCUT2D eigenvalue weighted by Gasteiger charge is -2.09. The number of ether oxygens (including phenoxy) is 1. The van der Waals surface area contributed by atoms with Crippen LogP contribution in [-0.2, 0) is 20.2 Å². The second-order valence-electron chi connectivity index (χ2n) is 6.48. The summed E-state index contributed by atoms with van der Waals surface area (Å²) in [5, 5.41) is 7.94. The van der Waals surface area contributed by atoms with E-state index in [1.165, 1.54) is 0 Å². The molecule has 0 aliphatic rings. The molecule has 140 valence electrons. The summed E-state index contributed by atoms with van der Waals surface area (Å²) in [5.41, 5.74) is 4.46. The molecular weight excluding hydrogens is 362 g/mol. The average Bonchev–Trinajstić information content (AvgIpc) is 2.99. The van der Waals surface area contributed by atoms with E-state index in [2.05, 4.69) is 10.4 Å². The van der Waals surface area contributed by atoms with Gasteiger partial charge in [0.25, 0.3) is 5.91 Å². The third-order valence-corrected chi connectivity index (χ3v) is 4.77. The Morgan fingerprint density at radius 3 is 2.52 bits per heavy atom. The average molecular weight is 384 g/mol. The van der Waals surface area contributed by atoms with Crippen LogP contribution in [0.5, 0.6) is 5.75 Å². The molecule has 1 aromatic heterocycles. The number of carbonyl (C=O) groups is 1. The predicted molar refractivity (Wildman–Crippen MR) is 106 cm³/mol. The number of benzene rings is 2. The van der Waals surface area contributed by atoms with Gasteiger partial charge in [-0.2, -0.15) is 5.10 Å². The van der Waals surface area contributed by atoms with Crippen LogP contribution in [0.1, 0.15) is 32.9 Å². The molecule has 1 N–H and O–H groups in total. The summed E-state index contributed by atoms with van der Waals surface area (Å²) >= 11 is 6.02. The van der Waals surface area contributed by atoms with Crippen LogP contribution >= 0.6 is 11.6 Å². The van der Waals surface area contributed by atoms with Crippen LogP contribution in [0.15, 0.2) is 48.5 Å². The maximum absolute atomic E-state index is 12.3. The van der Waals surface area contributed by atoms with E-state index in [4.69, 9.17) is 16.3 Å². The van der Waals surface area contributed by atoms with Crippen molar-refractivity contribution in [2.24, 2.45) is 7.05 Å². The Bertz CT molecular complexity index is 929. The van der Waals surface area contributed by atoms with E-state index in [9.17, 15) is 4.79 Å². The zero-order valence-corrected chi connectivity index (χ0v) is 16.4. The van der Waals surface area contributed by atoms with E-state index in [-0.39, 0.29) is 5.91 Å². The summed E-state index contributed by atoms with van der Waals surface area (Å²) in [6.45, 7) is 4.75. The number of amides is 1. The van der Waals surface area contributed by atoms with Gasteiger partial charge in [0.1, 0.15) is 12.4 Å². The number of hydrogen-bond acceptors (Lipinski definition) is 3. The van der Waals surface area contributed by atoms with Crippen molar-refractivity contribution >= 4 is 17.5 Å². The first-order valence-electron chi connectivity index (χ1n) is 8.68. The quantitative estimate of drug-likeness (QED) is 0.694. The van der Waals surface area contributed by atoms with E-state index >= 15 is 0 Å². The maximum atomic E-state index is 12.3. The molecule has 5 nitrogen and oxygen atoms in total. The fraction of sp³-hybridized carbons (Fsp3) is 0.238. The minimum Gasteiger partial charge on any atom is -0.489 e. The minimum absolute atomic E-state index is 0.126. The third-order valence-electron chi connectivity index (χ3n) is 4.35. The Morgan fingerprint density at radius 2 is 1.89 bits per heavy atom. The van der Waals surface area contributed by atoms with Crippen molar-refractivity contribution in [1.82, 2.24) is 15.1 Å². The van der Waals surface area contributed by atoms with Gasteiger partial charge in [0, 0.05) is 23.3 Å². The Balaban J connectivity index is 1.54. The highest BCUT2D eigenvalue weighted by molar-refractivity contribution is 6.31. The lowest BCUT2D eigenvalue weighted by Crippen LogP contribution is -2.23. The molecule has 0 spiro atoms. The van der Waals surface area contributed by atoms with E-state index < -0.39 is 0 Å². The highest BCUT2D eigenvalue weighted by atomic mass is 35.5. The molecule has 3 aromatic rings. The number of aryl methyl sites for hydroxylation is 3. The number of halogens is 1. The summed E-state index contributed by atoms with van der Waals surface area (Å²) in [6.07, 6.45) is 0. The van der Waals surface area contributed by atoms with E-state index in [1.54, 1.807) is 16.8 Å². The van der Waals surface area contributed by atoms with Crippen LogP contribution in [-0.4, -0.2) is 15.7 Å². The zero-order chi connectivity index (χ0) is 19.4. The summed E-state index contributed by atoms with van der Waals surface area (Å²) in [7, 11) is 1.88. The van der Waals surface area contributed by atoms with Crippen molar-refractivity contribution in [2.75, 3.05) is 0 Å². The summed E-state index contributed by atoms with van der Waals surface area (Å²) in [4.78, 5) is 12.3. The molecule has 0 atom stereocenters. The molecule has 0 saturated carbocycles. The molecule has 0 radical (unpaired) electrons. The number of rotatable bonds is 6. The van der Waals surface area contributed by atoms with Gasteiger partial charge in [0.05, 0.1) is 12.2 Å². The molecule has 2 aromatic carbocycles.